The molecule has 0 amide bonds. The summed E-state index contributed by atoms with van der Waals surface area (Å²) in [5, 5.41) is 19.2. The molecule has 5 nitrogen and oxygen atoms in total. The first-order valence-corrected chi connectivity index (χ1v) is 8.14. The smallest absolute Gasteiger partial charge is 0.416 e. The molecule has 0 aliphatic carbocycles. The Morgan fingerprint density at radius 2 is 1.85 bits per heavy atom. The van der Waals surface area contributed by atoms with Gasteiger partial charge in [-0.1, -0.05) is 34.5 Å². The average molecular weight is 413 g/mol. The van der Waals surface area contributed by atoms with Crippen molar-refractivity contribution in [2.75, 3.05) is 0 Å². The van der Waals surface area contributed by atoms with E-state index in [1.165, 1.54) is 6.07 Å². The molecular formula is C17H9Cl2F3N4O. The number of aromatic amines is 1. The molecule has 0 spiro atoms. The van der Waals surface area contributed by atoms with Gasteiger partial charge in [-0.15, -0.1) is 5.10 Å². The van der Waals surface area contributed by atoms with Gasteiger partial charge in [0, 0.05) is 21.2 Å². The number of nitriles is 1. The number of aromatic nitrogens is 3. The van der Waals surface area contributed by atoms with Gasteiger partial charge >= 0.3 is 6.18 Å². The van der Waals surface area contributed by atoms with Gasteiger partial charge < -0.3 is 4.74 Å². The Bertz CT molecular complexity index is 1010. The van der Waals surface area contributed by atoms with E-state index in [0.29, 0.717) is 15.6 Å². The highest BCUT2D eigenvalue weighted by atomic mass is 35.5. The number of hydrogen-bond donors (Lipinski definition) is 1. The molecule has 0 bridgehead atoms. The van der Waals surface area contributed by atoms with E-state index in [1.807, 2.05) is 0 Å². The van der Waals surface area contributed by atoms with E-state index < -0.39 is 11.7 Å². The van der Waals surface area contributed by atoms with Crippen LogP contribution in [0.25, 0.3) is 11.3 Å². The molecule has 0 saturated heterocycles. The lowest BCUT2D eigenvalue weighted by atomic mass is 10.1. The highest BCUT2D eigenvalue weighted by Crippen LogP contribution is 2.36. The fourth-order valence-electron chi connectivity index (χ4n) is 2.32. The third kappa shape index (κ3) is 4.15. The third-order valence-electron chi connectivity index (χ3n) is 3.61. The van der Waals surface area contributed by atoms with Gasteiger partial charge in [-0.05, 0) is 30.3 Å². The van der Waals surface area contributed by atoms with Gasteiger partial charge in [0.1, 0.15) is 24.1 Å². The van der Waals surface area contributed by atoms with Crippen LogP contribution in [0.4, 0.5) is 13.2 Å². The highest BCUT2D eigenvalue weighted by Gasteiger charge is 2.32. The second kappa shape index (κ2) is 7.47. The van der Waals surface area contributed by atoms with Crippen molar-refractivity contribution in [1.29, 1.82) is 5.26 Å². The fraction of sp³-hybridized carbons (Fsp3) is 0.118. The maximum absolute atomic E-state index is 13.3. The number of ether oxygens (including phenoxy) is 1. The summed E-state index contributed by atoms with van der Waals surface area (Å²) in [5.74, 6) is -0.0808. The molecule has 3 aromatic rings. The molecule has 138 valence electrons. The van der Waals surface area contributed by atoms with E-state index >= 15 is 0 Å². The lowest BCUT2D eigenvalue weighted by Crippen LogP contribution is -2.06. The number of rotatable bonds is 4. The molecule has 1 N–H and O–H groups in total. The maximum atomic E-state index is 13.3. The Kier molecular flexibility index (Phi) is 5.26. The lowest BCUT2D eigenvalue weighted by molar-refractivity contribution is -0.137. The van der Waals surface area contributed by atoms with Crippen molar-refractivity contribution in [3.8, 4) is 23.1 Å². The van der Waals surface area contributed by atoms with Crippen LogP contribution in [0.15, 0.2) is 36.4 Å². The number of hydrogen-bond acceptors (Lipinski definition) is 4. The standard InChI is InChI=1S/C17H9Cl2F3N4O/c18-13-2-1-3-14(19)12(13)8-27-11-5-9(4-10(6-11)17(20,21)22)16-15(7-23)24-26-25-16/h1-6H,8H2,(H,24,25,26). The van der Waals surface area contributed by atoms with Crippen LogP contribution in [0.2, 0.25) is 10.0 Å². The topological polar surface area (TPSA) is 74.6 Å². The molecule has 0 aliphatic heterocycles. The normalized spacial score (nSPS) is 11.3. The summed E-state index contributed by atoms with van der Waals surface area (Å²) in [5.41, 5.74) is -0.542. The predicted octanol–water partition coefficient (Wildman–Crippen LogP) is 5.25. The molecule has 1 heterocycles. The molecule has 0 atom stereocenters. The van der Waals surface area contributed by atoms with Crippen molar-refractivity contribution in [3.05, 3.63) is 63.3 Å². The van der Waals surface area contributed by atoms with Gasteiger partial charge in [-0.25, -0.2) is 5.10 Å². The van der Waals surface area contributed by atoms with Gasteiger partial charge in [0.25, 0.3) is 0 Å². The fourth-order valence-corrected chi connectivity index (χ4v) is 2.82. The number of nitrogens with zero attached hydrogens (tertiary/aromatic N) is 3. The first kappa shape index (κ1) is 19.0. The van der Waals surface area contributed by atoms with Crippen LogP contribution >= 0.6 is 23.2 Å². The number of benzene rings is 2. The lowest BCUT2D eigenvalue weighted by Gasteiger charge is -2.14. The zero-order valence-electron chi connectivity index (χ0n) is 13.3. The molecule has 0 unspecified atom stereocenters. The quantitative estimate of drug-likeness (QED) is 0.634. The largest absolute Gasteiger partial charge is 0.489 e. The summed E-state index contributed by atoms with van der Waals surface area (Å²) in [7, 11) is 0. The minimum absolute atomic E-state index is 0.00998. The molecule has 27 heavy (non-hydrogen) atoms. The molecular weight excluding hydrogens is 404 g/mol. The Morgan fingerprint density at radius 1 is 1.15 bits per heavy atom. The minimum atomic E-state index is -4.62. The van der Waals surface area contributed by atoms with Crippen LogP contribution < -0.4 is 4.74 Å². The summed E-state index contributed by atoms with van der Waals surface area (Å²) in [6, 6.07) is 9.67. The van der Waals surface area contributed by atoms with Gasteiger partial charge in [0.05, 0.1) is 5.56 Å². The molecule has 10 heteroatoms. The van der Waals surface area contributed by atoms with Crippen molar-refractivity contribution in [3.63, 3.8) is 0 Å². The third-order valence-corrected chi connectivity index (χ3v) is 4.32. The second-order valence-corrected chi connectivity index (χ2v) is 6.19. The van der Waals surface area contributed by atoms with Crippen molar-refractivity contribution in [2.45, 2.75) is 12.8 Å². The summed E-state index contributed by atoms with van der Waals surface area (Å²) < 4.78 is 45.3. The summed E-state index contributed by atoms with van der Waals surface area (Å²) >= 11 is 12.1. The van der Waals surface area contributed by atoms with Crippen molar-refractivity contribution in [1.82, 2.24) is 15.4 Å². The molecule has 1 aromatic heterocycles. The van der Waals surface area contributed by atoms with Gasteiger partial charge in [0.2, 0.25) is 0 Å². The van der Waals surface area contributed by atoms with E-state index in [2.05, 4.69) is 15.4 Å². The van der Waals surface area contributed by atoms with Crippen LogP contribution in [0, 0.1) is 11.3 Å². The molecule has 0 radical (unpaired) electrons. The van der Waals surface area contributed by atoms with E-state index in [0.717, 1.165) is 12.1 Å². The predicted molar refractivity (Wildman–Crippen MR) is 92.3 cm³/mol. The zero-order valence-corrected chi connectivity index (χ0v) is 14.8. The van der Waals surface area contributed by atoms with Crippen LogP contribution in [0.3, 0.4) is 0 Å². The monoisotopic (exact) mass is 412 g/mol. The van der Waals surface area contributed by atoms with Gasteiger partial charge in [0.15, 0.2) is 5.69 Å². The maximum Gasteiger partial charge on any atom is 0.416 e. The summed E-state index contributed by atoms with van der Waals surface area (Å²) in [6.45, 7) is -0.136. The SMILES string of the molecule is N#Cc1[nH]nnc1-c1cc(OCc2c(Cl)cccc2Cl)cc(C(F)(F)F)c1. The van der Waals surface area contributed by atoms with Crippen LogP contribution in [0.5, 0.6) is 5.75 Å². The zero-order chi connectivity index (χ0) is 19.6. The van der Waals surface area contributed by atoms with Gasteiger partial charge in [-0.3, -0.25) is 0 Å². The van der Waals surface area contributed by atoms with E-state index in [4.69, 9.17) is 33.2 Å². The van der Waals surface area contributed by atoms with Crippen molar-refractivity contribution in [2.24, 2.45) is 0 Å². The van der Waals surface area contributed by atoms with Crippen molar-refractivity contribution >= 4 is 23.2 Å². The average Bonchev–Trinajstić information content (AvgIpc) is 3.09. The second-order valence-electron chi connectivity index (χ2n) is 5.38. The van der Waals surface area contributed by atoms with Gasteiger partial charge in [-0.2, -0.15) is 18.4 Å². The van der Waals surface area contributed by atoms with Crippen LogP contribution in [0.1, 0.15) is 16.8 Å². The minimum Gasteiger partial charge on any atom is -0.489 e. The van der Waals surface area contributed by atoms with E-state index in [-0.39, 0.29) is 29.3 Å². The van der Waals surface area contributed by atoms with Crippen molar-refractivity contribution < 1.29 is 17.9 Å². The van der Waals surface area contributed by atoms with Crippen LogP contribution in [-0.2, 0) is 12.8 Å². The number of alkyl halides is 3. The first-order valence-electron chi connectivity index (χ1n) is 7.39. The molecule has 2 aromatic carbocycles. The number of nitrogens with one attached hydrogen (secondary N) is 1. The Labute approximate surface area is 161 Å². The molecule has 0 fully saturated rings. The van der Waals surface area contributed by atoms with E-state index in [9.17, 15) is 13.2 Å². The van der Waals surface area contributed by atoms with E-state index in [1.54, 1.807) is 24.3 Å². The Morgan fingerprint density at radius 3 is 2.48 bits per heavy atom. The first-order chi connectivity index (χ1) is 12.8. The molecule has 0 aliphatic rings. The number of halogens is 5. The summed E-state index contributed by atoms with van der Waals surface area (Å²) in [6.07, 6.45) is -4.62. The van der Waals surface area contributed by atoms with Crippen LogP contribution in [-0.4, -0.2) is 15.4 Å². The molecule has 3 rings (SSSR count). The Hall–Kier alpha value is -2.76. The number of H-pyrrole nitrogens is 1. The highest BCUT2D eigenvalue weighted by molar-refractivity contribution is 6.35. The Balaban J connectivity index is 2.00. The molecule has 0 saturated carbocycles. The summed E-state index contributed by atoms with van der Waals surface area (Å²) in [4.78, 5) is 0.